The molecule has 1 N–H and O–H groups in total. The summed E-state index contributed by atoms with van der Waals surface area (Å²) in [6.45, 7) is 7.24. The number of ether oxygens (including phenoxy) is 2. The second kappa shape index (κ2) is 12.1. The minimum absolute atomic E-state index is 0.0159. The lowest BCUT2D eigenvalue weighted by Crippen LogP contribution is -2.42. The molecule has 1 saturated heterocycles. The minimum Gasteiger partial charge on any atom is -0.490 e. The summed E-state index contributed by atoms with van der Waals surface area (Å²) in [5.74, 6) is 0.661. The molecule has 2 fully saturated rings. The lowest BCUT2D eigenvalue weighted by molar-refractivity contribution is 0.0408. The molecule has 1 atom stereocenters. The van der Waals surface area contributed by atoms with Gasteiger partial charge >= 0.3 is 0 Å². The smallest absolute Gasteiger partial charge is 0.213 e. The highest BCUT2D eigenvalue weighted by atomic mass is 32.2. The third-order valence-corrected chi connectivity index (χ3v) is 9.59. The van der Waals surface area contributed by atoms with Gasteiger partial charge in [-0.25, -0.2) is 18.1 Å². The number of allylic oxidation sites excluding steroid dienone is 4. The fraction of sp³-hybridized carbons (Fsp3) is 0.448. The van der Waals surface area contributed by atoms with Crippen molar-refractivity contribution in [1.29, 1.82) is 5.26 Å². The third kappa shape index (κ3) is 6.68. The summed E-state index contributed by atoms with van der Waals surface area (Å²) in [7, 11) is -3.43. The van der Waals surface area contributed by atoms with Crippen LogP contribution in [-0.2, 0) is 14.8 Å². The van der Waals surface area contributed by atoms with Crippen molar-refractivity contribution in [1.82, 2.24) is 14.6 Å². The number of morpholine rings is 1. The fourth-order valence-electron chi connectivity index (χ4n) is 5.20. The van der Waals surface area contributed by atoms with Crippen LogP contribution in [0.5, 0.6) is 5.75 Å². The van der Waals surface area contributed by atoms with Crippen molar-refractivity contribution in [3.8, 4) is 22.4 Å². The molecule has 206 valence electrons. The molecule has 2 aromatic rings. The number of hydrogen-bond donors (Lipinski definition) is 1. The van der Waals surface area contributed by atoms with Gasteiger partial charge in [0.1, 0.15) is 16.8 Å². The standard InChI is InChI=1S/C29H34N4O4S2/c1-20(2)37-27-10-7-21(17-22(27)18-30)29-31-19-28(38-29)25-6-4-3-5-24-23(25)8-9-26(24)32-39(34,35)16-13-33-11-14-36-15-12-33/h3-5,7,10,17,19-20,26,32H,6,8-9,11-16H2,1-2H3. The number of nitrogens with one attached hydrogen (secondary N) is 1. The molecular formula is C29H34N4O4S2. The number of thiazole rings is 1. The van der Waals surface area contributed by atoms with Gasteiger partial charge in [-0.3, -0.25) is 4.90 Å². The maximum absolute atomic E-state index is 13.0. The lowest BCUT2D eigenvalue weighted by atomic mass is 10.00. The zero-order valence-electron chi connectivity index (χ0n) is 22.4. The molecule has 8 nitrogen and oxygen atoms in total. The number of nitriles is 1. The lowest BCUT2D eigenvalue weighted by Gasteiger charge is -2.26. The van der Waals surface area contributed by atoms with Gasteiger partial charge in [-0.2, -0.15) is 5.26 Å². The van der Waals surface area contributed by atoms with Crippen molar-refractivity contribution in [2.24, 2.45) is 0 Å². The molecule has 1 aromatic carbocycles. The number of hydrogen-bond acceptors (Lipinski definition) is 8. The topological polar surface area (TPSA) is 105 Å². The van der Waals surface area contributed by atoms with E-state index in [2.05, 4.69) is 32.8 Å². The summed E-state index contributed by atoms with van der Waals surface area (Å²) in [6, 6.07) is 7.60. The summed E-state index contributed by atoms with van der Waals surface area (Å²) in [5.41, 5.74) is 4.80. The maximum Gasteiger partial charge on any atom is 0.213 e. The second-order valence-electron chi connectivity index (χ2n) is 10.2. The number of aromatic nitrogens is 1. The van der Waals surface area contributed by atoms with Crippen LogP contribution in [0.1, 0.15) is 43.6 Å². The zero-order valence-corrected chi connectivity index (χ0v) is 24.0. The van der Waals surface area contributed by atoms with Crippen molar-refractivity contribution in [2.75, 3.05) is 38.6 Å². The molecule has 5 rings (SSSR count). The number of nitrogens with zero attached hydrogens (tertiary/aromatic N) is 3. The van der Waals surface area contributed by atoms with E-state index in [0.717, 1.165) is 53.4 Å². The molecule has 10 heteroatoms. The van der Waals surface area contributed by atoms with Gasteiger partial charge in [0.2, 0.25) is 10.0 Å². The quantitative estimate of drug-likeness (QED) is 0.476. The number of rotatable bonds is 9. The van der Waals surface area contributed by atoms with Gasteiger partial charge in [-0.05, 0) is 68.0 Å². The summed E-state index contributed by atoms with van der Waals surface area (Å²) < 4.78 is 40.0. The third-order valence-electron chi connectivity index (χ3n) is 7.12. The van der Waals surface area contributed by atoms with E-state index in [9.17, 15) is 13.7 Å². The Balaban J connectivity index is 1.33. The Morgan fingerprint density at radius 3 is 2.87 bits per heavy atom. The Labute approximate surface area is 234 Å². The van der Waals surface area contributed by atoms with Gasteiger partial charge in [-0.15, -0.1) is 11.3 Å². The molecule has 0 amide bonds. The molecule has 0 spiro atoms. The van der Waals surface area contributed by atoms with Crippen LogP contribution in [-0.4, -0.2) is 69.0 Å². The highest BCUT2D eigenvalue weighted by Gasteiger charge is 2.32. The number of fused-ring (bicyclic) bond motifs is 1. The van der Waals surface area contributed by atoms with Crippen molar-refractivity contribution in [3.05, 3.63) is 64.2 Å². The van der Waals surface area contributed by atoms with Crippen LogP contribution in [0.4, 0.5) is 0 Å². The first-order valence-electron chi connectivity index (χ1n) is 13.4. The predicted octanol–water partition coefficient (Wildman–Crippen LogP) is 4.52. The monoisotopic (exact) mass is 566 g/mol. The van der Waals surface area contributed by atoms with Crippen LogP contribution in [0.25, 0.3) is 16.1 Å². The molecule has 0 bridgehead atoms. The maximum atomic E-state index is 13.0. The molecule has 0 radical (unpaired) electrons. The molecule has 1 saturated carbocycles. The SMILES string of the molecule is CC(C)Oc1ccc(-c2ncc(C3=C4CCC(NS(=O)(=O)CCN5CCOCC5)C4=CC=CC3)s2)cc1C#N. The molecule has 1 unspecified atom stereocenters. The van der Waals surface area contributed by atoms with E-state index in [1.165, 1.54) is 11.1 Å². The van der Waals surface area contributed by atoms with Crippen LogP contribution < -0.4 is 9.46 Å². The van der Waals surface area contributed by atoms with Crippen LogP contribution >= 0.6 is 11.3 Å². The summed E-state index contributed by atoms with van der Waals surface area (Å²) in [6.07, 6.45) is 10.4. The zero-order chi connectivity index (χ0) is 27.4. The van der Waals surface area contributed by atoms with Crippen molar-refractivity contribution >= 4 is 26.9 Å². The molecule has 3 aliphatic rings. The van der Waals surface area contributed by atoms with Crippen LogP contribution in [0.3, 0.4) is 0 Å². The van der Waals surface area contributed by atoms with E-state index < -0.39 is 10.0 Å². The Morgan fingerprint density at radius 1 is 1.28 bits per heavy atom. The Bertz CT molecular complexity index is 1440. The molecule has 1 aliphatic heterocycles. The first kappa shape index (κ1) is 27.7. The van der Waals surface area contributed by atoms with Gasteiger partial charge < -0.3 is 9.47 Å². The summed E-state index contributed by atoms with van der Waals surface area (Å²) in [5, 5.41) is 10.5. The van der Waals surface area contributed by atoms with Crippen LogP contribution in [0.15, 0.2) is 53.8 Å². The average Bonchev–Trinajstić information content (AvgIpc) is 3.50. The Hall–Kier alpha value is -2.81. The van der Waals surface area contributed by atoms with Crippen molar-refractivity contribution < 1.29 is 17.9 Å². The largest absolute Gasteiger partial charge is 0.490 e. The van der Waals surface area contributed by atoms with Crippen molar-refractivity contribution in [2.45, 2.75) is 45.3 Å². The van der Waals surface area contributed by atoms with E-state index in [1.54, 1.807) is 11.3 Å². The second-order valence-corrected chi connectivity index (χ2v) is 13.1. The van der Waals surface area contributed by atoms with Crippen LogP contribution in [0, 0.1) is 11.3 Å². The Kier molecular flexibility index (Phi) is 8.64. The van der Waals surface area contributed by atoms with E-state index in [1.807, 2.05) is 44.3 Å². The average molecular weight is 567 g/mol. The molecular weight excluding hydrogens is 532 g/mol. The summed E-state index contributed by atoms with van der Waals surface area (Å²) >= 11 is 1.59. The molecule has 39 heavy (non-hydrogen) atoms. The summed E-state index contributed by atoms with van der Waals surface area (Å²) in [4.78, 5) is 7.89. The van der Waals surface area contributed by atoms with Gasteiger partial charge in [0.25, 0.3) is 0 Å². The molecule has 2 heterocycles. The Morgan fingerprint density at radius 2 is 2.10 bits per heavy atom. The highest BCUT2D eigenvalue weighted by Crippen LogP contribution is 2.42. The molecule has 2 aliphatic carbocycles. The predicted molar refractivity (Wildman–Crippen MR) is 154 cm³/mol. The van der Waals surface area contributed by atoms with E-state index >= 15 is 0 Å². The number of benzene rings is 1. The minimum atomic E-state index is -3.43. The van der Waals surface area contributed by atoms with Gasteiger partial charge in [0.15, 0.2) is 0 Å². The van der Waals surface area contributed by atoms with Gasteiger partial charge in [0.05, 0.1) is 35.5 Å². The van der Waals surface area contributed by atoms with Gasteiger partial charge in [0, 0.05) is 37.4 Å². The van der Waals surface area contributed by atoms with E-state index in [-0.39, 0.29) is 17.9 Å². The highest BCUT2D eigenvalue weighted by molar-refractivity contribution is 7.89. The first-order valence-corrected chi connectivity index (χ1v) is 15.9. The van der Waals surface area contributed by atoms with Gasteiger partial charge in [-0.1, -0.05) is 18.2 Å². The van der Waals surface area contributed by atoms with Crippen LogP contribution in [0.2, 0.25) is 0 Å². The van der Waals surface area contributed by atoms with Crippen molar-refractivity contribution in [3.63, 3.8) is 0 Å². The first-order chi connectivity index (χ1) is 18.8. The fourth-order valence-corrected chi connectivity index (χ4v) is 7.49. The molecule has 1 aromatic heterocycles. The van der Waals surface area contributed by atoms with E-state index in [4.69, 9.17) is 9.47 Å². The van der Waals surface area contributed by atoms with E-state index in [0.29, 0.717) is 31.1 Å². The normalized spacial score (nSPS) is 20.1. The number of sulfonamides is 1.